The molecule has 154 valence electrons. The average molecular weight is 480 g/mol. The summed E-state index contributed by atoms with van der Waals surface area (Å²) in [5.74, 6) is 1.23. The first-order valence-corrected chi connectivity index (χ1v) is 11.0. The van der Waals surface area contributed by atoms with Crippen molar-refractivity contribution in [3.63, 3.8) is 0 Å². The second-order valence-electron chi connectivity index (χ2n) is 7.38. The molecule has 4 aromatic carbocycles. The zero-order valence-electron chi connectivity index (χ0n) is 17.0. The minimum Gasteiger partial charge on any atom is -0.488 e. The number of hydrogen-bond acceptors (Lipinski definition) is 3. The summed E-state index contributed by atoms with van der Waals surface area (Å²) in [7, 11) is 0. The minimum absolute atomic E-state index is 0.427. The highest BCUT2D eigenvalue weighted by Crippen LogP contribution is 2.29. The Kier molecular flexibility index (Phi) is 5.45. The third-order valence-electron chi connectivity index (χ3n) is 5.30. The summed E-state index contributed by atoms with van der Waals surface area (Å²) in [6.45, 7) is 0.427. The lowest BCUT2D eigenvalue weighted by Crippen LogP contribution is -1.98. The summed E-state index contributed by atoms with van der Waals surface area (Å²) < 4.78 is 7.13. The van der Waals surface area contributed by atoms with E-state index in [1.165, 1.54) is 10.8 Å². The van der Waals surface area contributed by atoms with E-state index in [1.807, 2.05) is 60.7 Å². The lowest BCUT2D eigenvalue weighted by molar-refractivity contribution is 0.307. The second-order valence-corrected chi connectivity index (χ2v) is 8.30. The Morgan fingerprint density at radius 3 is 2.69 bits per heavy atom. The molecule has 0 radical (unpaired) electrons. The van der Waals surface area contributed by atoms with Crippen molar-refractivity contribution in [1.82, 2.24) is 9.97 Å². The number of hydrogen-bond donors (Lipinski definition) is 1. The molecule has 0 bridgehead atoms. The summed E-state index contributed by atoms with van der Waals surface area (Å²) in [4.78, 5) is 7.79. The van der Waals surface area contributed by atoms with Crippen LogP contribution in [-0.4, -0.2) is 9.97 Å². The summed E-state index contributed by atoms with van der Waals surface area (Å²) in [5, 5.41) is 12.2. The lowest BCUT2D eigenvalue weighted by atomic mass is 10.1. The van der Waals surface area contributed by atoms with Gasteiger partial charge in [-0.1, -0.05) is 70.5 Å². The van der Waals surface area contributed by atoms with Gasteiger partial charge in [0.25, 0.3) is 0 Å². The van der Waals surface area contributed by atoms with Crippen molar-refractivity contribution in [1.29, 1.82) is 5.26 Å². The van der Waals surface area contributed by atoms with Crippen LogP contribution in [0.4, 0.5) is 0 Å². The SMILES string of the molecule is N#C/C(=C\c1cc(Br)ccc1OCc1cccc2ccccc12)c1nc2ccccc2[nH]1. The fraction of sp³-hybridized carbons (Fsp3) is 0.0370. The largest absolute Gasteiger partial charge is 0.488 e. The summed E-state index contributed by atoms with van der Waals surface area (Å²) in [6, 6.07) is 30.3. The molecule has 1 N–H and O–H groups in total. The van der Waals surface area contributed by atoms with E-state index in [0.717, 1.165) is 26.6 Å². The van der Waals surface area contributed by atoms with E-state index in [1.54, 1.807) is 6.08 Å². The highest BCUT2D eigenvalue weighted by Gasteiger charge is 2.11. The minimum atomic E-state index is 0.427. The Hall–Kier alpha value is -3.88. The molecule has 5 rings (SSSR count). The molecule has 1 aromatic heterocycles. The van der Waals surface area contributed by atoms with E-state index < -0.39 is 0 Å². The molecule has 5 aromatic rings. The van der Waals surface area contributed by atoms with Gasteiger partial charge in [0.2, 0.25) is 0 Å². The molecule has 1 heterocycles. The zero-order chi connectivity index (χ0) is 21.9. The van der Waals surface area contributed by atoms with Gasteiger partial charge in [0.1, 0.15) is 24.3 Å². The summed E-state index contributed by atoms with van der Waals surface area (Å²) in [6.07, 6.45) is 1.81. The van der Waals surface area contributed by atoms with Gasteiger partial charge >= 0.3 is 0 Å². The Morgan fingerprint density at radius 2 is 1.81 bits per heavy atom. The van der Waals surface area contributed by atoms with Gasteiger partial charge in [-0.05, 0) is 52.7 Å². The van der Waals surface area contributed by atoms with Crippen LogP contribution < -0.4 is 4.74 Å². The monoisotopic (exact) mass is 479 g/mol. The maximum Gasteiger partial charge on any atom is 0.149 e. The van der Waals surface area contributed by atoms with Crippen LogP contribution in [0, 0.1) is 11.3 Å². The van der Waals surface area contributed by atoms with Gasteiger partial charge < -0.3 is 9.72 Å². The van der Waals surface area contributed by atoms with Crippen molar-refractivity contribution >= 4 is 49.4 Å². The molecule has 0 aliphatic heterocycles. The molecule has 4 nitrogen and oxygen atoms in total. The number of nitrogens with one attached hydrogen (secondary N) is 1. The highest BCUT2D eigenvalue weighted by atomic mass is 79.9. The molecule has 32 heavy (non-hydrogen) atoms. The van der Waals surface area contributed by atoms with Crippen LogP contribution >= 0.6 is 15.9 Å². The quantitative estimate of drug-likeness (QED) is 0.273. The molecular formula is C27H18BrN3O. The van der Waals surface area contributed by atoms with Gasteiger partial charge in [-0.25, -0.2) is 4.98 Å². The third kappa shape index (κ3) is 4.01. The number of nitriles is 1. The molecule has 0 atom stereocenters. The molecule has 0 aliphatic rings. The number of nitrogens with zero attached hydrogens (tertiary/aromatic N) is 2. The first-order valence-electron chi connectivity index (χ1n) is 10.2. The normalized spacial score (nSPS) is 11.6. The van der Waals surface area contributed by atoms with Gasteiger partial charge in [-0.15, -0.1) is 0 Å². The van der Waals surface area contributed by atoms with Crippen LogP contribution in [0.5, 0.6) is 5.75 Å². The maximum atomic E-state index is 9.82. The van der Waals surface area contributed by atoms with E-state index in [-0.39, 0.29) is 0 Å². The van der Waals surface area contributed by atoms with E-state index in [0.29, 0.717) is 23.8 Å². The predicted octanol–water partition coefficient (Wildman–Crippen LogP) is 7.12. The predicted molar refractivity (Wildman–Crippen MR) is 132 cm³/mol. The lowest BCUT2D eigenvalue weighted by Gasteiger charge is -2.12. The fourth-order valence-corrected chi connectivity index (χ4v) is 4.11. The Labute approximate surface area is 193 Å². The standard InChI is InChI=1S/C27H18BrN3O/c28-22-12-13-26(32-17-19-8-5-7-18-6-1-2-9-23(18)19)20(15-22)14-21(16-29)27-30-24-10-3-4-11-25(24)31-27/h1-15H,17H2,(H,30,31)/b21-14+. The van der Waals surface area contributed by atoms with Crippen LogP contribution in [-0.2, 0) is 6.61 Å². The van der Waals surface area contributed by atoms with E-state index in [2.05, 4.69) is 56.2 Å². The molecular weight excluding hydrogens is 462 g/mol. The number of fused-ring (bicyclic) bond motifs is 2. The van der Waals surface area contributed by atoms with Crippen LogP contribution in [0.2, 0.25) is 0 Å². The van der Waals surface area contributed by atoms with Gasteiger partial charge in [-0.3, -0.25) is 0 Å². The fourth-order valence-electron chi connectivity index (χ4n) is 3.73. The van der Waals surface area contributed by atoms with Crippen LogP contribution in [0.1, 0.15) is 17.0 Å². The number of H-pyrrole nitrogens is 1. The van der Waals surface area contributed by atoms with Gasteiger partial charge in [-0.2, -0.15) is 5.26 Å². The number of halogens is 1. The Morgan fingerprint density at radius 1 is 1.00 bits per heavy atom. The van der Waals surface area contributed by atoms with Gasteiger partial charge in [0, 0.05) is 10.0 Å². The number of allylic oxidation sites excluding steroid dienone is 1. The van der Waals surface area contributed by atoms with Crippen molar-refractivity contribution in [2.45, 2.75) is 6.61 Å². The first-order chi connectivity index (χ1) is 15.7. The van der Waals surface area contributed by atoms with Crippen LogP contribution in [0.3, 0.4) is 0 Å². The molecule has 0 saturated carbocycles. The number of ether oxygens (including phenoxy) is 1. The van der Waals surface area contributed by atoms with Crippen LogP contribution in [0.25, 0.3) is 33.5 Å². The molecule has 0 spiro atoms. The molecule has 0 amide bonds. The van der Waals surface area contributed by atoms with E-state index in [4.69, 9.17) is 4.74 Å². The summed E-state index contributed by atoms with van der Waals surface area (Å²) >= 11 is 3.53. The molecule has 0 aliphatic carbocycles. The van der Waals surface area contributed by atoms with Crippen LogP contribution in [0.15, 0.2) is 89.4 Å². The van der Waals surface area contributed by atoms with Crippen molar-refractivity contribution in [2.24, 2.45) is 0 Å². The van der Waals surface area contributed by atoms with Gasteiger partial charge in [0.15, 0.2) is 0 Å². The highest BCUT2D eigenvalue weighted by molar-refractivity contribution is 9.10. The van der Waals surface area contributed by atoms with E-state index in [9.17, 15) is 5.26 Å². The topological polar surface area (TPSA) is 61.7 Å². The molecule has 5 heteroatoms. The maximum absolute atomic E-state index is 9.82. The first kappa shape index (κ1) is 20.0. The number of aromatic amines is 1. The number of aromatic nitrogens is 2. The third-order valence-corrected chi connectivity index (χ3v) is 5.79. The Balaban J connectivity index is 1.49. The second kappa shape index (κ2) is 8.70. The number of benzene rings is 4. The average Bonchev–Trinajstić information content (AvgIpc) is 3.26. The van der Waals surface area contributed by atoms with Crippen molar-refractivity contribution < 1.29 is 4.74 Å². The Bertz CT molecular complexity index is 1470. The molecule has 0 unspecified atom stereocenters. The van der Waals surface area contributed by atoms with Crippen molar-refractivity contribution in [3.8, 4) is 11.8 Å². The zero-order valence-corrected chi connectivity index (χ0v) is 18.6. The number of rotatable bonds is 5. The smallest absolute Gasteiger partial charge is 0.149 e. The molecule has 0 fully saturated rings. The summed E-state index contributed by atoms with van der Waals surface area (Å²) in [5.41, 5.74) is 4.07. The van der Waals surface area contributed by atoms with Crippen molar-refractivity contribution in [3.05, 3.63) is 106 Å². The van der Waals surface area contributed by atoms with Gasteiger partial charge in [0.05, 0.1) is 16.6 Å². The number of para-hydroxylation sites is 2. The number of imidazole rings is 1. The molecule has 0 saturated heterocycles. The van der Waals surface area contributed by atoms with Crippen molar-refractivity contribution in [2.75, 3.05) is 0 Å². The van der Waals surface area contributed by atoms with E-state index >= 15 is 0 Å².